The fourth-order valence-corrected chi connectivity index (χ4v) is 3.02. The maximum Gasteiger partial charge on any atom is 0.257 e. The summed E-state index contributed by atoms with van der Waals surface area (Å²) >= 11 is 0. The molecule has 0 unspecified atom stereocenters. The number of H-pyrrole nitrogens is 2. The van der Waals surface area contributed by atoms with Gasteiger partial charge in [-0.3, -0.25) is 5.10 Å². The molecule has 0 amide bonds. The lowest BCUT2D eigenvalue weighted by molar-refractivity contribution is 0.572. The van der Waals surface area contributed by atoms with E-state index < -0.39 is 10.0 Å². The van der Waals surface area contributed by atoms with Crippen molar-refractivity contribution in [2.45, 2.75) is 24.4 Å². The van der Waals surface area contributed by atoms with Crippen LogP contribution in [0.1, 0.15) is 17.8 Å². The molecule has 0 saturated heterocycles. The number of hydrogen-bond donors (Lipinski definition) is 4. The van der Waals surface area contributed by atoms with Gasteiger partial charge in [0.1, 0.15) is 5.82 Å². The highest BCUT2D eigenvalue weighted by Crippen LogP contribution is 2.11. The van der Waals surface area contributed by atoms with Crippen molar-refractivity contribution >= 4 is 10.0 Å². The topological polar surface area (TPSA) is 116 Å². The van der Waals surface area contributed by atoms with E-state index in [0.29, 0.717) is 31.5 Å². The molecule has 0 bridgehead atoms. The predicted octanol–water partition coefficient (Wildman–Crippen LogP) is -0.237. The van der Waals surface area contributed by atoms with E-state index in [1.165, 1.54) is 6.20 Å². The second-order valence-corrected chi connectivity index (χ2v) is 6.00. The van der Waals surface area contributed by atoms with Gasteiger partial charge in [-0.15, -0.1) is 0 Å². The summed E-state index contributed by atoms with van der Waals surface area (Å²) in [6.07, 6.45) is 6.29. The van der Waals surface area contributed by atoms with Crippen molar-refractivity contribution in [3.05, 3.63) is 30.0 Å². The van der Waals surface area contributed by atoms with Crippen molar-refractivity contribution in [3.63, 3.8) is 0 Å². The molecule has 9 heteroatoms. The van der Waals surface area contributed by atoms with Crippen molar-refractivity contribution in [1.82, 2.24) is 30.2 Å². The number of nitrogens with zero attached hydrogens (tertiary/aromatic N) is 2. The van der Waals surface area contributed by atoms with Gasteiger partial charge in [0, 0.05) is 37.5 Å². The molecule has 0 fully saturated rings. The molecule has 2 heterocycles. The van der Waals surface area contributed by atoms with E-state index in [2.05, 4.69) is 30.2 Å². The zero-order valence-electron chi connectivity index (χ0n) is 11.2. The Kier molecular flexibility index (Phi) is 4.88. The van der Waals surface area contributed by atoms with Crippen molar-refractivity contribution in [2.24, 2.45) is 0 Å². The van der Waals surface area contributed by atoms with Crippen molar-refractivity contribution < 1.29 is 8.42 Å². The maximum absolute atomic E-state index is 12.1. The Balaban J connectivity index is 1.88. The highest BCUT2D eigenvalue weighted by atomic mass is 32.2. The van der Waals surface area contributed by atoms with Gasteiger partial charge in [-0.05, 0) is 13.5 Å². The van der Waals surface area contributed by atoms with Gasteiger partial charge in [0.05, 0.1) is 6.20 Å². The summed E-state index contributed by atoms with van der Waals surface area (Å²) in [4.78, 5) is 7.06. The molecule has 0 aromatic carbocycles. The number of imidazole rings is 1. The quantitative estimate of drug-likeness (QED) is 0.502. The van der Waals surface area contributed by atoms with Crippen LogP contribution < -0.4 is 10.0 Å². The molecule has 4 N–H and O–H groups in total. The van der Waals surface area contributed by atoms with Gasteiger partial charge in [0.2, 0.25) is 0 Å². The predicted molar refractivity (Wildman–Crippen MR) is 73.4 cm³/mol. The zero-order valence-corrected chi connectivity index (χ0v) is 12.0. The Labute approximate surface area is 117 Å². The van der Waals surface area contributed by atoms with E-state index in [9.17, 15) is 8.42 Å². The molecule has 0 aliphatic rings. The minimum absolute atomic E-state index is 0.116. The van der Waals surface area contributed by atoms with Crippen LogP contribution in [0.3, 0.4) is 0 Å². The third-order valence-electron chi connectivity index (χ3n) is 2.75. The first-order valence-electron chi connectivity index (χ1n) is 6.28. The van der Waals surface area contributed by atoms with E-state index in [1.54, 1.807) is 19.4 Å². The number of aromatic amines is 2. The fourth-order valence-electron chi connectivity index (χ4n) is 1.82. The molecule has 110 valence electrons. The lowest BCUT2D eigenvalue weighted by Gasteiger charge is -2.06. The van der Waals surface area contributed by atoms with E-state index in [-0.39, 0.29) is 5.03 Å². The molecule has 0 aliphatic heterocycles. The van der Waals surface area contributed by atoms with Crippen LogP contribution in [0.15, 0.2) is 23.6 Å². The van der Waals surface area contributed by atoms with Gasteiger partial charge >= 0.3 is 0 Å². The molecule has 2 aromatic rings. The Bertz CT molecular complexity index is 619. The van der Waals surface area contributed by atoms with E-state index in [4.69, 9.17) is 0 Å². The maximum atomic E-state index is 12.1. The van der Waals surface area contributed by atoms with Crippen LogP contribution in [0.25, 0.3) is 0 Å². The summed E-state index contributed by atoms with van der Waals surface area (Å²) in [5, 5.41) is 9.32. The largest absolute Gasteiger partial charge is 0.349 e. The SMILES string of the molecule is CNCc1cn[nH]c1S(=O)(=O)NCCCc1ncc[nH]1. The van der Waals surface area contributed by atoms with Gasteiger partial charge in [0.15, 0.2) is 5.03 Å². The normalized spacial score (nSPS) is 11.8. The second kappa shape index (κ2) is 6.64. The Morgan fingerprint density at radius 1 is 1.40 bits per heavy atom. The zero-order chi connectivity index (χ0) is 14.4. The molecule has 8 nitrogen and oxygen atoms in total. The lowest BCUT2D eigenvalue weighted by atomic mass is 10.3. The molecular formula is C11H18N6O2S. The summed E-state index contributed by atoms with van der Waals surface area (Å²) in [5.74, 6) is 0.849. The number of aromatic nitrogens is 4. The summed E-state index contributed by atoms with van der Waals surface area (Å²) in [6, 6.07) is 0. The number of nitrogens with one attached hydrogen (secondary N) is 4. The monoisotopic (exact) mass is 298 g/mol. The molecule has 20 heavy (non-hydrogen) atoms. The van der Waals surface area contributed by atoms with Gasteiger partial charge in [-0.1, -0.05) is 0 Å². The van der Waals surface area contributed by atoms with Gasteiger partial charge in [-0.2, -0.15) is 5.10 Å². The van der Waals surface area contributed by atoms with E-state index >= 15 is 0 Å². The first kappa shape index (κ1) is 14.7. The molecule has 0 radical (unpaired) electrons. The van der Waals surface area contributed by atoms with Crippen LogP contribution in [0.2, 0.25) is 0 Å². The van der Waals surface area contributed by atoms with Crippen LogP contribution in [0.5, 0.6) is 0 Å². The van der Waals surface area contributed by atoms with Crippen LogP contribution in [0, 0.1) is 0 Å². The number of rotatable bonds is 8. The highest BCUT2D eigenvalue weighted by Gasteiger charge is 2.19. The third kappa shape index (κ3) is 3.65. The Morgan fingerprint density at radius 2 is 2.25 bits per heavy atom. The second-order valence-electron chi connectivity index (χ2n) is 4.29. The molecule has 0 aliphatic carbocycles. The molecule has 0 atom stereocenters. The Morgan fingerprint density at radius 3 is 2.95 bits per heavy atom. The first-order valence-corrected chi connectivity index (χ1v) is 7.76. The molecule has 2 aromatic heterocycles. The number of sulfonamides is 1. The number of hydrogen-bond acceptors (Lipinski definition) is 5. The molecular weight excluding hydrogens is 280 g/mol. The van der Waals surface area contributed by atoms with Gasteiger partial charge in [-0.25, -0.2) is 18.1 Å². The van der Waals surface area contributed by atoms with Crippen molar-refractivity contribution in [2.75, 3.05) is 13.6 Å². The fraction of sp³-hybridized carbons (Fsp3) is 0.455. The van der Waals surface area contributed by atoms with Crippen LogP contribution >= 0.6 is 0 Å². The van der Waals surface area contributed by atoms with Crippen LogP contribution in [0.4, 0.5) is 0 Å². The van der Waals surface area contributed by atoms with Crippen LogP contribution in [-0.2, 0) is 23.0 Å². The third-order valence-corrected chi connectivity index (χ3v) is 4.23. The van der Waals surface area contributed by atoms with Gasteiger partial charge in [0.25, 0.3) is 10.0 Å². The minimum Gasteiger partial charge on any atom is -0.349 e. The summed E-state index contributed by atoms with van der Waals surface area (Å²) < 4.78 is 26.8. The first-order chi connectivity index (χ1) is 9.63. The average molecular weight is 298 g/mol. The highest BCUT2D eigenvalue weighted by molar-refractivity contribution is 7.89. The summed E-state index contributed by atoms with van der Waals surface area (Å²) in [5.41, 5.74) is 0.617. The molecule has 0 spiro atoms. The summed E-state index contributed by atoms with van der Waals surface area (Å²) in [6.45, 7) is 0.792. The molecule has 0 saturated carbocycles. The van der Waals surface area contributed by atoms with E-state index in [1.807, 2.05) is 0 Å². The van der Waals surface area contributed by atoms with Crippen molar-refractivity contribution in [1.29, 1.82) is 0 Å². The molecule has 2 rings (SSSR count). The van der Waals surface area contributed by atoms with Crippen molar-refractivity contribution in [3.8, 4) is 0 Å². The summed E-state index contributed by atoms with van der Waals surface area (Å²) in [7, 11) is -1.80. The standard InChI is InChI=1S/C11H18N6O2S/c1-12-7-9-8-15-17-11(9)20(18,19)16-4-2-3-10-13-5-6-14-10/h5-6,8,12,16H,2-4,7H2,1H3,(H,13,14)(H,15,17). The average Bonchev–Trinajstić information content (AvgIpc) is 3.06. The lowest BCUT2D eigenvalue weighted by Crippen LogP contribution is -2.27. The smallest absolute Gasteiger partial charge is 0.257 e. The number of aryl methyl sites for hydroxylation is 1. The Hall–Kier alpha value is -1.71. The van der Waals surface area contributed by atoms with Gasteiger partial charge < -0.3 is 10.3 Å². The minimum atomic E-state index is -3.55. The van der Waals surface area contributed by atoms with E-state index in [0.717, 1.165) is 5.82 Å². The van der Waals surface area contributed by atoms with Crippen LogP contribution in [-0.4, -0.2) is 42.2 Å².